The minimum atomic E-state index is -0.211. The molecule has 1 nitrogen and oxygen atoms in total. The average Bonchev–Trinajstić information content (AvgIpc) is 2.27. The molecule has 18 heavy (non-hydrogen) atoms. The van der Waals surface area contributed by atoms with Crippen LogP contribution in [-0.4, -0.2) is 0 Å². The van der Waals surface area contributed by atoms with E-state index >= 15 is 0 Å². The van der Waals surface area contributed by atoms with Gasteiger partial charge < -0.3 is 5.32 Å². The van der Waals surface area contributed by atoms with Crippen molar-refractivity contribution in [2.75, 3.05) is 5.32 Å². The van der Waals surface area contributed by atoms with Crippen LogP contribution in [0.2, 0.25) is 0 Å². The number of aryl methyl sites for hydroxylation is 1. The van der Waals surface area contributed by atoms with Gasteiger partial charge in [0.15, 0.2) is 0 Å². The van der Waals surface area contributed by atoms with E-state index in [-0.39, 0.29) is 11.9 Å². The van der Waals surface area contributed by atoms with E-state index in [4.69, 9.17) is 0 Å². The molecule has 0 radical (unpaired) electrons. The summed E-state index contributed by atoms with van der Waals surface area (Å²) in [6.07, 6.45) is 0. The highest BCUT2D eigenvalue weighted by Crippen LogP contribution is 2.26. The Morgan fingerprint density at radius 1 is 1.17 bits per heavy atom. The Labute approximate surface area is 115 Å². The second kappa shape index (κ2) is 5.53. The predicted molar refractivity (Wildman–Crippen MR) is 77.3 cm³/mol. The maximum Gasteiger partial charge on any atom is 0.125 e. The molecule has 1 unspecified atom stereocenters. The van der Waals surface area contributed by atoms with Crippen molar-refractivity contribution in [2.24, 2.45) is 0 Å². The Balaban J connectivity index is 2.21. The summed E-state index contributed by atoms with van der Waals surface area (Å²) in [6, 6.07) is 13.1. The molecule has 1 N–H and O–H groups in total. The smallest absolute Gasteiger partial charge is 0.125 e. The van der Waals surface area contributed by atoms with Gasteiger partial charge in [0.1, 0.15) is 5.82 Å². The molecule has 2 rings (SSSR count). The third-order valence-electron chi connectivity index (χ3n) is 2.80. The summed E-state index contributed by atoms with van der Waals surface area (Å²) >= 11 is 3.53. The fraction of sp³-hybridized carbons (Fsp3) is 0.200. The van der Waals surface area contributed by atoms with Gasteiger partial charge in [0.25, 0.3) is 0 Å². The summed E-state index contributed by atoms with van der Waals surface area (Å²) in [5.74, 6) is -0.211. The van der Waals surface area contributed by atoms with Gasteiger partial charge in [-0.2, -0.15) is 0 Å². The van der Waals surface area contributed by atoms with Gasteiger partial charge in [-0.05, 0) is 49.2 Å². The van der Waals surface area contributed by atoms with E-state index in [0.29, 0.717) is 0 Å². The van der Waals surface area contributed by atoms with Crippen molar-refractivity contribution >= 4 is 21.6 Å². The normalized spacial score (nSPS) is 12.2. The Morgan fingerprint density at radius 2 is 1.89 bits per heavy atom. The first-order valence-electron chi connectivity index (χ1n) is 5.84. The molecule has 0 spiro atoms. The van der Waals surface area contributed by atoms with Crippen LogP contribution in [0.25, 0.3) is 0 Å². The Morgan fingerprint density at radius 3 is 2.56 bits per heavy atom. The van der Waals surface area contributed by atoms with E-state index in [1.807, 2.05) is 37.3 Å². The molecule has 0 fully saturated rings. The molecule has 0 aliphatic heterocycles. The van der Waals surface area contributed by atoms with Crippen LogP contribution in [0.1, 0.15) is 24.1 Å². The average molecular weight is 308 g/mol. The van der Waals surface area contributed by atoms with Crippen LogP contribution in [0.4, 0.5) is 10.1 Å². The molecule has 0 amide bonds. The Kier molecular flexibility index (Phi) is 4.02. The van der Waals surface area contributed by atoms with Crippen molar-refractivity contribution in [3.05, 3.63) is 63.9 Å². The van der Waals surface area contributed by atoms with Gasteiger partial charge in [0, 0.05) is 16.2 Å². The van der Waals surface area contributed by atoms with Crippen molar-refractivity contribution in [1.82, 2.24) is 0 Å². The van der Waals surface area contributed by atoms with Crippen LogP contribution >= 0.6 is 15.9 Å². The van der Waals surface area contributed by atoms with Gasteiger partial charge in [-0.3, -0.25) is 0 Å². The number of hydrogen-bond donors (Lipinski definition) is 1. The predicted octanol–water partition coefficient (Wildman–Crippen LogP) is 5.07. The standard InChI is InChI=1S/C15H15BrFN/c1-10-7-12(17)9-13(8-10)18-11(2)14-5-3-4-6-15(14)16/h3-9,11,18H,1-2H3. The third-order valence-corrected chi connectivity index (χ3v) is 3.52. The molecule has 0 bridgehead atoms. The quantitative estimate of drug-likeness (QED) is 0.834. The van der Waals surface area contributed by atoms with E-state index in [1.165, 1.54) is 12.1 Å². The van der Waals surface area contributed by atoms with Crippen molar-refractivity contribution in [1.29, 1.82) is 0 Å². The van der Waals surface area contributed by atoms with Gasteiger partial charge in [-0.25, -0.2) is 4.39 Å². The minimum absolute atomic E-state index is 0.113. The zero-order chi connectivity index (χ0) is 13.1. The summed E-state index contributed by atoms with van der Waals surface area (Å²) in [4.78, 5) is 0. The summed E-state index contributed by atoms with van der Waals surface area (Å²) in [7, 11) is 0. The molecule has 0 aromatic heterocycles. The van der Waals surface area contributed by atoms with E-state index < -0.39 is 0 Å². The summed E-state index contributed by atoms with van der Waals surface area (Å²) in [5, 5.41) is 3.31. The van der Waals surface area contributed by atoms with Gasteiger partial charge in [0.2, 0.25) is 0 Å². The zero-order valence-corrected chi connectivity index (χ0v) is 12.0. The molecular formula is C15H15BrFN. The van der Waals surface area contributed by atoms with E-state index in [9.17, 15) is 4.39 Å². The molecule has 0 heterocycles. The van der Waals surface area contributed by atoms with Crippen LogP contribution < -0.4 is 5.32 Å². The third kappa shape index (κ3) is 3.10. The Bertz CT molecular complexity index is 534. The van der Waals surface area contributed by atoms with Crippen LogP contribution in [-0.2, 0) is 0 Å². The zero-order valence-electron chi connectivity index (χ0n) is 10.4. The van der Waals surface area contributed by atoms with Crippen molar-refractivity contribution in [2.45, 2.75) is 19.9 Å². The maximum atomic E-state index is 13.3. The first-order chi connectivity index (χ1) is 8.56. The van der Waals surface area contributed by atoms with E-state index in [2.05, 4.69) is 28.2 Å². The van der Waals surface area contributed by atoms with Crippen molar-refractivity contribution in [3.8, 4) is 0 Å². The fourth-order valence-electron chi connectivity index (χ4n) is 1.97. The lowest BCUT2D eigenvalue weighted by molar-refractivity contribution is 0.626. The summed E-state index contributed by atoms with van der Waals surface area (Å²) in [5.41, 5.74) is 2.87. The van der Waals surface area contributed by atoms with Crippen molar-refractivity contribution < 1.29 is 4.39 Å². The Hall–Kier alpha value is -1.35. The fourth-order valence-corrected chi connectivity index (χ4v) is 2.60. The first kappa shape index (κ1) is 13.1. The lowest BCUT2D eigenvalue weighted by atomic mass is 10.1. The molecular weight excluding hydrogens is 293 g/mol. The van der Waals surface area contributed by atoms with Crippen LogP contribution in [0.5, 0.6) is 0 Å². The molecule has 2 aromatic carbocycles. The number of rotatable bonds is 3. The maximum absolute atomic E-state index is 13.3. The lowest BCUT2D eigenvalue weighted by Gasteiger charge is -2.17. The highest BCUT2D eigenvalue weighted by atomic mass is 79.9. The molecule has 3 heteroatoms. The number of benzene rings is 2. The number of hydrogen-bond acceptors (Lipinski definition) is 1. The highest BCUT2D eigenvalue weighted by Gasteiger charge is 2.09. The van der Waals surface area contributed by atoms with Crippen LogP contribution in [0.3, 0.4) is 0 Å². The molecule has 1 atom stereocenters. The molecule has 2 aromatic rings. The van der Waals surface area contributed by atoms with Crippen molar-refractivity contribution in [3.63, 3.8) is 0 Å². The second-order valence-corrected chi connectivity index (χ2v) is 5.26. The largest absolute Gasteiger partial charge is 0.378 e. The summed E-state index contributed by atoms with van der Waals surface area (Å²) < 4.78 is 14.4. The second-order valence-electron chi connectivity index (χ2n) is 4.40. The van der Waals surface area contributed by atoms with Gasteiger partial charge in [0.05, 0.1) is 0 Å². The summed E-state index contributed by atoms with van der Waals surface area (Å²) in [6.45, 7) is 3.94. The monoisotopic (exact) mass is 307 g/mol. The minimum Gasteiger partial charge on any atom is -0.378 e. The number of anilines is 1. The first-order valence-corrected chi connectivity index (χ1v) is 6.64. The van der Waals surface area contributed by atoms with Crippen LogP contribution in [0, 0.1) is 12.7 Å². The SMILES string of the molecule is Cc1cc(F)cc(NC(C)c2ccccc2Br)c1. The molecule has 0 aliphatic carbocycles. The lowest BCUT2D eigenvalue weighted by Crippen LogP contribution is -2.07. The number of nitrogens with one attached hydrogen (secondary N) is 1. The van der Waals surface area contributed by atoms with Crippen LogP contribution in [0.15, 0.2) is 46.9 Å². The molecule has 0 saturated heterocycles. The van der Waals surface area contributed by atoms with Gasteiger partial charge in [-0.15, -0.1) is 0 Å². The van der Waals surface area contributed by atoms with E-state index in [0.717, 1.165) is 21.3 Å². The van der Waals surface area contributed by atoms with E-state index in [1.54, 1.807) is 0 Å². The molecule has 0 aliphatic rings. The van der Waals surface area contributed by atoms with Gasteiger partial charge >= 0.3 is 0 Å². The topological polar surface area (TPSA) is 12.0 Å². The molecule has 0 saturated carbocycles. The highest BCUT2D eigenvalue weighted by molar-refractivity contribution is 9.10. The number of halogens is 2. The molecule has 94 valence electrons. The van der Waals surface area contributed by atoms with Gasteiger partial charge in [-0.1, -0.05) is 34.1 Å².